The van der Waals surface area contributed by atoms with E-state index < -0.39 is 5.97 Å². The molecule has 2 aromatic rings. The van der Waals surface area contributed by atoms with Gasteiger partial charge >= 0.3 is 5.97 Å². The number of ether oxygens (including phenoxy) is 1. The minimum absolute atomic E-state index is 0.0584. The topological polar surface area (TPSA) is 88.1 Å². The zero-order valence-corrected chi connectivity index (χ0v) is 9.52. The zero-order valence-electron chi connectivity index (χ0n) is 8.77. The highest BCUT2D eigenvalue weighted by Gasteiger charge is 2.12. The molecule has 0 aliphatic heterocycles. The first-order chi connectivity index (χ1) is 8.06. The molecule has 0 saturated heterocycles. The summed E-state index contributed by atoms with van der Waals surface area (Å²) in [5.41, 5.74) is 0.573. The molecule has 0 spiro atoms. The SMILES string of the molecule is Cc1cc(Oc2ccc(Cl)c(C(=O)O)n2)n[nH]1. The van der Waals surface area contributed by atoms with Crippen LogP contribution in [0.5, 0.6) is 11.8 Å². The second kappa shape index (κ2) is 4.42. The number of nitrogens with zero attached hydrogens (tertiary/aromatic N) is 2. The number of pyridine rings is 1. The van der Waals surface area contributed by atoms with Crippen molar-refractivity contribution in [1.29, 1.82) is 0 Å². The molecule has 6 nitrogen and oxygen atoms in total. The van der Waals surface area contributed by atoms with Crippen LogP contribution in [-0.4, -0.2) is 26.3 Å². The molecule has 0 bridgehead atoms. The molecule has 0 fully saturated rings. The lowest BCUT2D eigenvalue weighted by atomic mass is 10.3. The molecule has 88 valence electrons. The van der Waals surface area contributed by atoms with Crippen molar-refractivity contribution in [2.24, 2.45) is 0 Å². The Hall–Kier alpha value is -2.08. The van der Waals surface area contributed by atoms with Crippen LogP contribution in [0.25, 0.3) is 0 Å². The van der Waals surface area contributed by atoms with Gasteiger partial charge in [-0.25, -0.2) is 9.78 Å². The van der Waals surface area contributed by atoms with Gasteiger partial charge in [0.15, 0.2) is 5.69 Å². The van der Waals surface area contributed by atoms with Crippen LogP contribution in [0.2, 0.25) is 5.02 Å². The Labute approximate surface area is 101 Å². The average Bonchev–Trinajstić information content (AvgIpc) is 2.66. The summed E-state index contributed by atoms with van der Waals surface area (Å²) < 4.78 is 5.27. The summed E-state index contributed by atoms with van der Waals surface area (Å²) >= 11 is 5.68. The van der Waals surface area contributed by atoms with E-state index in [0.717, 1.165) is 5.69 Å². The van der Waals surface area contributed by atoms with Crippen molar-refractivity contribution in [3.8, 4) is 11.8 Å². The van der Waals surface area contributed by atoms with Crippen LogP contribution in [0, 0.1) is 6.92 Å². The van der Waals surface area contributed by atoms with E-state index in [1.807, 2.05) is 6.92 Å². The van der Waals surface area contributed by atoms with Crippen molar-refractivity contribution in [2.75, 3.05) is 0 Å². The fourth-order valence-electron chi connectivity index (χ4n) is 1.18. The van der Waals surface area contributed by atoms with Crippen molar-refractivity contribution in [1.82, 2.24) is 15.2 Å². The largest absolute Gasteiger partial charge is 0.476 e. The molecule has 2 N–H and O–H groups in total. The number of hydrogen-bond donors (Lipinski definition) is 2. The number of rotatable bonds is 3. The molecule has 0 aliphatic rings. The maximum absolute atomic E-state index is 10.8. The highest BCUT2D eigenvalue weighted by atomic mass is 35.5. The lowest BCUT2D eigenvalue weighted by molar-refractivity contribution is 0.0690. The number of carbonyl (C=O) groups is 1. The molecule has 0 saturated carbocycles. The highest BCUT2D eigenvalue weighted by molar-refractivity contribution is 6.33. The standard InChI is InChI=1S/C10H8ClN3O3/c1-5-4-8(14-13-5)17-7-3-2-6(11)9(12-7)10(15)16/h2-4H,1H3,(H,13,14)(H,15,16). The van der Waals surface area contributed by atoms with Crippen molar-refractivity contribution < 1.29 is 14.6 Å². The van der Waals surface area contributed by atoms with Crippen molar-refractivity contribution in [3.05, 3.63) is 34.6 Å². The van der Waals surface area contributed by atoms with Crippen molar-refractivity contribution >= 4 is 17.6 Å². The predicted molar refractivity (Wildman–Crippen MR) is 59.6 cm³/mol. The smallest absolute Gasteiger partial charge is 0.356 e. The van der Waals surface area contributed by atoms with E-state index >= 15 is 0 Å². The molecule has 0 unspecified atom stereocenters. The number of carboxylic acid groups (broad SMARTS) is 1. The lowest BCUT2D eigenvalue weighted by Crippen LogP contribution is -2.02. The molecule has 0 radical (unpaired) electrons. The molecule has 0 amide bonds. The van der Waals surface area contributed by atoms with E-state index in [9.17, 15) is 4.79 Å². The number of aromatic carboxylic acids is 1. The van der Waals surface area contributed by atoms with Gasteiger partial charge in [0, 0.05) is 17.8 Å². The van der Waals surface area contributed by atoms with Gasteiger partial charge in [0.25, 0.3) is 0 Å². The summed E-state index contributed by atoms with van der Waals surface area (Å²) in [4.78, 5) is 14.6. The lowest BCUT2D eigenvalue weighted by Gasteiger charge is -2.02. The molecule has 0 aliphatic carbocycles. The number of halogens is 1. The first-order valence-electron chi connectivity index (χ1n) is 4.66. The fourth-order valence-corrected chi connectivity index (χ4v) is 1.37. The maximum atomic E-state index is 10.8. The fraction of sp³-hybridized carbons (Fsp3) is 0.100. The zero-order chi connectivity index (χ0) is 12.4. The van der Waals surface area contributed by atoms with Gasteiger partial charge in [-0.15, -0.1) is 5.10 Å². The summed E-state index contributed by atoms with van der Waals surface area (Å²) in [6.07, 6.45) is 0. The second-order valence-corrected chi connectivity index (χ2v) is 3.68. The molecule has 0 atom stereocenters. The third kappa shape index (κ3) is 2.54. The number of aromatic nitrogens is 3. The van der Waals surface area contributed by atoms with Gasteiger partial charge in [-0.3, -0.25) is 5.10 Å². The summed E-state index contributed by atoms with van der Waals surface area (Å²) in [6, 6.07) is 4.54. The van der Waals surface area contributed by atoms with Crippen LogP contribution in [0.15, 0.2) is 18.2 Å². The van der Waals surface area contributed by atoms with E-state index in [1.54, 1.807) is 6.07 Å². The van der Waals surface area contributed by atoms with Gasteiger partial charge in [0.1, 0.15) is 0 Å². The van der Waals surface area contributed by atoms with Gasteiger partial charge in [0.2, 0.25) is 11.8 Å². The number of nitrogens with one attached hydrogen (secondary N) is 1. The van der Waals surface area contributed by atoms with Gasteiger partial charge in [-0.1, -0.05) is 11.6 Å². The Balaban J connectivity index is 2.28. The first-order valence-corrected chi connectivity index (χ1v) is 5.04. The van der Waals surface area contributed by atoms with Crippen LogP contribution in [0.4, 0.5) is 0 Å². The maximum Gasteiger partial charge on any atom is 0.356 e. The molecule has 17 heavy (non-hydrogen) atoms. The van der Waals surface area contributed by atoms with Gasteiger partial charge in [-0.2, -0.15) is 0 Å². The van der Waals surface area contributed by atoms with Crippen LogP contribution in [-0.2, 0) is 0 Å². The molecule has 7 heteroatoms. The Morgan fingerprint density at radius 2 is 2.24 bits per heavy atom. The molecule has 2 aromatic heterocycles. The summed E-state index contributed by atoms with van der Waals surface area (Å²) in [5, 5.41) is 15.4. The summed E-state index contributed by atoms with van der Waals surface area (Å²) in [6.45, 7) is 1.82. The minimum Gasteiger partial charge on any atom is -0.476 e. The van der Waals surface area contributed by atoms with Gasteiger partial charge < -0.3 is 9.84 Å². The minimum atomic E-state index is -1.21. The number of hydrogen-bond acceptors (Lipinski definition) is 4. The third-order valence-electron chi connectivity index (χ3n) is 1.91. The van der Waals surface area contributed by atoms with Crippen LogP contribution < -0.4 is 4.74 Å². The van der Waals surface area contributed by atoms with E-state index in [0.29, 0.717) is 5.88 Å². The van der Waals surface area contributed by atoms with E-state index in [4.69, 9.17) is 21.4 Å². The number of aryl methyl sites for hydroxylation is 1. The molecule has 2 rings (SSSR count). The number of H-pyrrole nitrogens is 1. The van der Waals surface area contributed by atoms with Gasteiger partial charge in [-0.05, 0) is 13.0 Å². The van der Waals surface area contributed by atoms with E-state index in [-0.39, 0.29) is 16.6 Å². The molecule has 2 heterocycles. The van der Waals surface area contributed by atoms with E-state index in [2.05, 4.69) is 15.2 Å². The summed E-state index contributed by atoms with van der Waals surface area (Å²) in [7, 11) is 0. The Kier molecular flexibility index (Phi) is 2.97. The predicted octanol–water partition coefficient (Wildman–Crippen LogP) is 2.26. The normalized spacial score (nSPS) is 10.2. The third-order valence-corrected chi connectivity index (χ3v) is 2.22. The van der Waals surface area contributed by atoms with E-state index in [1.165, 1.54) is 12.1 Å². The molecule has 0 aromatic carbocycles. The number of aromatic amines is 1. The first kappa shape index (κ1) is 11.4. The van der Waals surface area contributed by atoms with Crippen LogP contribution in [0.1, 0.15) is 16.2 Å². The molecular weight excluding hydrogens is 246 g/mol. The van der Waals surface area contributed by atoms with Crippen molar-refractivity contribution in [2.45, 2.75) is 6.92 Å². The second-order valence-electron chi connectivity index (χ2n) is 3.28. The van der Waals surface area contributed by atoms with Crippen molar-refractivity contribution in [3.63, 3.8) is 0 Å². The van der Waals surface area contributed by atoms with Crippen LogP contribution >= 0.6 is 11.6 Å². The quantitative estimate of drug-likeness (QED) is 0.876. The Morgan fingerprint density at radius 3 is 2.82 bits per heavy atom. The van der Waals surface area contributed by atoms with Crippen LogP contribution in [0.3, 0.4) is 0 Å². The molecular formula is C10H8ClN3O3. The average molecular weight is 254 g/mol. The Morgan fingerprint density at radius 1 is 1.47 bits per heavy atom. The number of carboxylic acids is 1. The highest BCUT2D eigenvalue weighted by Crippen LogP contribution is 2.22. The summed E-state index contributed by atoms with van der Waals surface area (Å²) in [5.74, 6) is -0.773. The monoisotopic (exact) mass is 253 g/mol. The van der Waals surface area contributed by atoms with Gasteiger partial charge in [0.05, 0.1) is 5.02 Å². The Bertz CT molecular complexity index is 568.